The molecule has 15 heavy (non-hydrogen) atoms. The van der Waals surface area contributed by atoms with Crippen LogP contribution in [0, 0.1) is 0 Å². The van der Waals surface area contributed by atoms with Crippen LogP contribution in [0.3, 0.4) is 0 Å². The van der Waals surface area contributed by atoms with E-state index in [-0.39, 0.29) is 6.04 Å². The van der Waals surface area contributed by atoms with E-state index < -0.39 is 0 Å². The van der Waals surface area contributed by atoms with E-state index in [0.29, 0.717) is 16.1 Å². The number of hydrogen-bond acceptors (Lipinski definition) is 2. The van der Waals surface area contributed by atoms with Gasteiger partial charge in [0, 0.05) is 16.1 Å². The Balaban J connectivity index is 2.06. The van der Waals surface area contributed by atoms with Gasteiger partial charge >= 0.3 is 0 Å². The molecule has 1 aromatic rings. The molecule has 1 aromatic carbocycles. The van der Waals surface area contributed by atoms with Crippen LogP contribution in [0.4, 0.5) is 0 Å². The monoisotopic (exact) mass is 245 g/mol. The maximum Gasteiger partial charge on any atom is 0.0643 e. The third-order valence-electron chi connectivity index (χ3n) is 2.55. The third kappa shape index (κ3) is 2.64. The predicted octanol–water partition coefficient (Wildman–Crippen LogP) is 3.04. The summed E-state index contributed by atoms with van der Waals surface area (Å²) < 4.78 is 5.10. The summed E-state index contributed by atoms with van der Waals surface area (Å²) in [5.41, 5.74) is 1.08. The zero-order valence-corrected chi connectivity index (χ0v) is 9.98. The fraction of sp³-hybridized carbons (Fsp3) is 0.455. The van der Waals surface area contributed by atoms with Gasteiger partial charge in [0.2, 0.25) is 0 Å². The molecule has 0 aromatic heterocycles. The molecule has 0 radical (unpaired) electrons. The van der Waals surface area contributed by atoms with E-state index in [4.69, 9.17) is 27.9 Å². The Morgan fingerprint density at radius 3 is 2.67 bits per heavy atom. The fourth-order valence-corrected chi connectivity index (χ4v) is 2.20. The Kier molecular flexibility index (Phi) is 3.52. The van der Waals surface area contributed by atoms with Crippen LogP contribution in [-0.2, 0) is 4.74 Å². The highest BCUT2D eigenvalue weighted by Crippen LogP contribution is 2.26. The molecule has 4 heteroatoms. The van der Waals surface area contributed by atoms with Crippen LogP contribution >= 0.6 is 23.2 Å². The minimum absolute atomic E-state index is 0.226. The number of hydrogen-bond donors (Lipinski definition) is 1. The summed E-state index contributed by atoms with van der Waals surface area (Å²) in [6, 6.07) is 6.27. The molecule has 1 unspecified atom stereocenters. The minimum Gasteiger partial charge on any atom is -0.378 e. The molecule has 0 bridgehead atoms. The Morgan fingerprint density at radius 2 is 2.13 bits per heavy atom. The molecule has 2 rings (SSSR count). The Morgan fingerprint density at radius 1 is 1.40 bits per heavy atom. The lowest BCUT2D eigenvalue weighted by Crippen LogP contribution is -2.46. The lowest BCUT2D eigenvalue weighted by molar-refractivity contribution is -0.00924. The summed E-state index contributed by atoms with van der Waals surface area (Å²) in [4.78, 5) is 0. The van der Waals surface area contributed by atoms with Crippen LogP contribution in [0.25, 0.3) is 0 Å². The lowest BCUT2D eigenvalue weighted by Gasteiger charge is -2.30. The molecule has 1 fully saturated rings. The molecule has 0 amide bonds. The van der Waals surface area contributed by atoms with Crippen molar-refractivity contribution in [3.05, 3.63) is 33.8 Å². The highest BCUT2D eigenvalue weighted by molar-refractivity contribution is 6.35. The molecule has 1 heterocycles. The van der Waals surface area contributed by atoms with Crippen molar-refractivity contribution >= 4 is 23.2 Å². The highest BCUT2D eigenvalue weighted by Gasteiger charge is 2.21. The van der Waals surface area contributed by atoms with E-state index in [1.165, 1.54) is 0 Å². The first kappa shape index (κ1) is 11.2. The van der Waals surface area contributed by atoms with E-state index in [1.807, 2.05) is 12.1 Å². The van der Waals surface area contributed by atoms with Crippen molar-refractivity contribution in [2.45, 2.75) is 19.0 Å². The molecule has 0 spiro atoms. The number of ether oxygens (including phenoxy) is 1. The average Bonchev–Trinajstić information content (AvgIpc) is 2.11. The van der Waals surface area contributed by atoms with Crippen molar-refractivity contribution < 1.29 is 4.74 Å². The van der Waals surface area contributed by atoms with E-state index >= 15 is 0 Å². The molecule has 2 nitrogen and oxygen atoms in total. The SMILES string of the molecule is CC(NC1COC1)c1ccc(Cl)cc1Cl. The summed E-state index contributed by atoms with van der Waals surface area (Å²) in [7, 11) is 0. The maximum atomic E-state index is 6.11. The summed E-state index contributed by atoms with van der Waals surface area (Å²) in [5, 5.41) is 4.82. The van der Waals surface area contributed by atoms with E-state index in [9.17, 15) is 0 Å². The van der Waals surface area contributed by atoms with Gasteiger partial charge in [0.1, 0.15) is 0 Å². The molecular formula is C11H13Cl2NO. The molecule has 1 atom stereocenters. The van der Waals surface area contributed by atoms with Crippen LogP contribution in [-0.4, -0.2) is 19.3 Å². The molecule has 1 aliphatic rings. The van der Waals surface area contributed by atoms with Gasteiger partial charge in [-0.1, -0.05) is 29.3 Å². The van der Waals surface area contributed by atoms with Crippen LogP contribution in [0.2, 0.25) is 10.0 Å². The standard InChI is InChI=1S/C11H13Cl2NO/c1-7(14-9-5-15-6-9)10-3-2-8(12)4-11(10)13/h2-4,7,9,14H,5-6H2,1H3. The summed E-state index contributed by atoms with van der Waals surface area (Å²) >= 11 is 12.0. The summed E-state index contributed by atoms with van der Waals surface area (Å²) in [6.45, 7) is 3.67. The van der Waals surface area contributed by atoms with Crippen molar-refractivity contribution in [3.63, 3.8) is 0 Å². The number of rotatable bonds is 3. The van der Waals surface area contributed by atoms with E-state index in [0.717, 1.165) is 18.8 Å². The number of nitrogens with one attached hydrogen (secondary N) is 1. The van der Waals surface area contributed by atoms with Crippen molar-refractivity contribution in [1.82, 2.24) is 5.32 Å². The van der Waals surface area contributed by atoms with Gasteiger partial charge in [-0.05, 0) is 24.6 Å². The summed E-state index contributed by atoms with van der Waals surface area (Å²) in [5.74, 6) is 0. The zero-order chi connectivity index (χ0) is 10.8. The normalized spacial score (nSPS) is 18.6. The van der Waals surface area contributed by atoms with E-state index in [1.54, 1.807) is 6.07 Å². The minimum atomic E-state index is 0.226. The maximum absolute atomic E-state index is 6.11. The molecule has 1 saturated heterocycles. The lowest BCUT2D eigenvalue weighted by atomic mass is 10.1. The van der Waals surface area contributed by atoms with Gasteiger partial charge in [0.05, 0.1) is 19.3 Å². The molecule has 82 valence electrons. The molecule has 0 saturated carbocycles. The predicted molar refractivity (Wildman–Crippen MR) is 62.6 cm³/mol. The highest BCUT2D eigenvalue weighted by atomic mass is 35.5. The summed E-state index contributed by atoms with van der Waals surface area (Å²) in [6.07, 6.45) is 0. The first-order chi connectivity index (χ1) is 7.16. The molecule has 0 aliphatic carbocycles. The topological polar surface area (TPSA) is 21.3 Å². The smallest absolute Gasteiger partial charge is 0.0643 e. The van der Waals surface area contributed by atoms with Gasteiger partial charge in [-0.25, -0.2) is 0 Å². The average molecular weight is 246 g/mol. The molecule has 1 N–H and O–H groups in total. The zero-order valence-electron chi connectivity index (χ0n) is 8.47. The molecular weight excluding hydrogens is 233 g/mol. The first-order valence-electron chi connectivity index (χ1n) is 4.95. The Bertz CT molecular complexity index is 352. The Hall–Kier alpha value is -0.280. The van der Waals surface area contributed by atoms with Crippen LogP contribution in [0.1, 0.15) is 18.5 Å². The second kappa shape index (κ2) is 4.71. The quantitative estimate of drug-likeness (QED) is 0.885. The van der Waals surface area contributed by atoms with Crippen molar-refractivity contribution in [1.29, 1.82) is 0 Å². The van der Waals surface area contributed by atoms with Crippen LogP contribution < -0.4 is 5.32 Å². The van der Waals surface area contributed by atoms with Crippen molar-refractivity contribution in [2.75, 3.05) is 13.2 Å². The van der Waals surface area contributed by atoms with Gasteiger partial charge in [-0.3, -0.25) is 0 Å². The fourth-order valence-electron chi connectivity index (χ4n) is 1.63. The largest absolute Gasteiger partial charge is 0.378 e. The number of benzene rings is 1. The van der Waals surface area contributed by atoms with Gasteiger partial charge in [0.15, 0.2) is 0 Å². The van der Waals surface area contributed by atoms with Crippen LogP contribution in [0.5, 0.6) is 0 Å². The molecule has 1 aliphatic heterocycles. The number of halogens is 2. The van der Waals surface area contributed by atoms with Gasteiger partial charge < -0.3 is 10.1 Å². The second-order valence-electron chi connectivity index (χ2n) is 3.79. The first-order valence-corrected chi connectivity index (χ1v) is 5.71. The van der Waals surface area contributed by atoms with Gasteiger partial charge in [-0.15, -0.1) is 0 Å². The second-order valence-corrected chi connectivity index (χ2v) is 4.63. The van der Waals surface area contributed by atoms with Crippen LogP contribution in [0.15, 0.2) is 18.2 Å². The van der Waals surface area contributed by atoms with Gasteiger partial charge in [-0.2, -0.15) is 0 Å². The Labute approximate surface area is 99.5 Å². The van der Waals surface area contributed by atoms with Crippen molar-refractivity contribution in [3.8, 4) is 0 Å². The van der Waals surface area contributed by atoms with Crippen molar-refractivity contribution in [2.24, 2.45) is 0 Å². The van der Waals surface area contributed by atoms with E-state index in [2.05, 4.69) is 12.2 Å². The van der Waals surface area contributed by atoms with Gasteiger partial charge in [0.25, 0.3) is 0 Å². The third-order valence-corrected chi connectivity index (χ3v) is 3.12.